The Hall–Kier alpha value is -0.160. The van der Waals surface area contributed by atoms with Gasteiger partial charge in [-0.05, 0) is 25.7 Å². The van der Waals surface area contributed by atoms with E-state index in [4.69, 9.17) is 15.2 Å². The topological polar surface area (TPSA) is 56.5 Å². The normalized spacial score (nSPS) is 44.7. The second-order valence-corrected chi connectivity index (χ2v) is 7.07. The van der Waals surface area contributed by atoms with Crippen molar-refractivity contribution < 1.29 is 9.47 Å². The van der Waals surface area contributed by atoms with E-state index in [1.807, 2.05) is 0 Å². The Balaban J connectivity index is 1.55. The van der Waals surface area contributed by atoms with Crippen LogP contribution in [0.1, 0.15) is 39.5 Å². The highest BCUT2D eigenvalue weighted by atomic mass is 16.5. The standard InChI is InChI=1S/C15H28N2O2/c1-14(2)13-12(6-4-8-19-13)15(14,16)10-17-9-11-5-3-7-18-11/h11-13,17H,3-10,16H2,1-2H3. The molecule has 0 spiro atoms. The van der Waals surface area contributed by atoms with Crippen LogP contribution in [0.3, 0.4) is 0 Å². The van der Waals surface area contributed by atoms with Gasteiger partial charge in [0, 0.05) is 43.2 Å². The number of hydrogen-bond acceptors (Lipinski definition) is 4. The molecule has 2 aliphatic heterocycles. The first kappa shape index (κ1) is 13.8. The summed E-state index contributed by atoms with van der Waals surface area (Å²) < 4.78 is 11.6. The minimum absolute atomic E-state index is 0.0711. The van der Waals surface area contributed by atoms with Crippen LogP contribution < -0.4 is 11.1 Å². The highest BCUT2D eigenvalue weighted by Crippen LogP contribution is 2.56. The first-order chi connectivity index (χ1) is 9.06. The zero-order chi connectivity index (χ0) is 13.5. The third-order valence-corrected chi connectivity index (χ3v) is 5.71. The SMILES string of the molecule is CC1(C)C2OCCCC2C1(N)CNCC1CCCO1. The van der Waals surface area contributed by atoms with Crippen LogP contribution in [0.4, 0.5) is 0 Å². The van der Waals surface area contributed by atoms with E-state index in [1.54, 1.807) is 0 Å². The molecule has 3 rings (SSSR count). The summed E-state index contributed by atoms with van der Waals surface area (Å²) >= 11 is 0. The van der Waals surface area contributed by atoms with Gasteiger partial charge in [-0.3, -0.25) is 0 Å². The second-order valence-electron chi connectivity index (χ2n) is 7.07. The lowest BCUT2D eigenvalue weighted by molar-refractivity contribution is -0.225. The molecule has 1 aliphatic carbocycles. The maximum Gasteiger partial charge on any atom is 0.0700 e. The van der Waals surface area contributed by atoms with Gasteiger partial charge < -0.3 is 20.5 Å². The van der Waals surface area contributed by atoms with Crippen molar-refractivity contribution in [3.8, 4) is 0 Å². The summed E-state index contributed by atoms with van der Waals surface area (Å²) in [6.45, 7) is 8.16. The lowest BCUT2D eigenvalue weighted by atomic mass is 9.46. The van der Waals surface area contributed by atoms with Crippen molar-refractivity contribution in [1.82, 2.24) is 5.32 Å². The molecule has 3 aliphatic rings. The van der Waals surface area contributed by atoms with Crippen molar-refractivity contribution in [2.75, 3.05) is 26.3 Å². The minimum atomic E-state index is -0.128. The molecule has 0 radical (unpaired) electrons. The fourth-order valence-electron chi connectivity index (χ4n) is 4.27. The van der Waals surface area contributed by atoms with Crippen molar-refractivity contribution in [2.24, 2.45) is 17.1 Å². The smallest absolute Gasteiger partial charge is 0.0700 e. The second kappa shape index (κ2) is 4.99. The highest BCUT2D eigenvalue weighted by molar-refractivity contribution is 5.20. The van der Waals surface area contributed by atoms with Gasteiger partial charge in [0.15, 0.2) is 0 Å². The summed E-state index contributed by atoms with van der Waals surface area (Å²) in [5.74, 6) is 0.522. The van der Waals surface area contributed by atoms with Crippen LogP contribution in [0.25, 0.3) is 0 Å². The van der Waals surface area contributed by atoms with Gasteiger partial charge in [-0.2, -0.15) is 0 Å². The molecule has 3 fully saturated rings. The molecule has 1 saturated carbocycles. The average Bonchev–Trinajstić information content (AvgIpc) is 2.91. The monoisotopic (exact) mass is 268 g/mol. The number of ether oxygens (including phenoxy) is 2. The lowest BCUT2D eigenvalue weighted by Crippen LogP contribution is -2.80. The molecule has 4 atom stereocenters. The van der Waals surface area contributed by atoms with Crippen LogP contribution >= 0.6 is 0 Å². The predicted octanol–water partition coefficient (Wildman–Crippen LogP) is 1.29. The maximum atomic E-state index is 6.74. The molecule has 0 bridgehead atoms. The summed E-state index contributed by atoms with van der Waals surface area (Å²) in [4.78, 5) is 0. The Morgan fingerprint density at radius 2 is 1.89 bits per heavy atom. The molecule has 0 aromatic rings. The van der Waals surface area contributed by atoms with Crippen molar-refractivity contribution in [3.63, 3.8) is 0 Å². The van der Waals surface area contributed by atoms with Crippen molar-refractivity contribution in [2.45, 2.75) is 57.3 Å². The van der Waals surface area contributed by atoms with Crippen molar-refractivity contribution >= 4 is 0 Å². The van der Waals surface area contributed by atoms with E-state index in [1.165, 1.54) is 19.3 Å². The number of nitrogens with two attached hydrogens (primary N) is 1. The Morgan fingerprint density at radius 3 is 2.63 bits per heavy atom. The molecule has 19 heavy (non-hydrogen) atoms. The number of fused-ring (bicyclic) bond motifs is 1. The molecule has 4 nitrogen and oxygen atoms in total. The van der Waals surface area contributed by atoms with Crippen LogP contribution in [0.15, 0.2) is 0 Å². The molecule has 0 amide bonds. The van der Waals surface area contributed by atoms with Gasteiger partial charge in [0.2, 0.25) is 0 Å². The molecule has 0 aromatic carbocycles. The van der Waals surface area contributed by atoms with E-state index in [-0.39, 0.29) is 11.0 Å². The fraction of sp³-hybridized carbons (Fsp3) is 1.00. The third-order valence-electron chi connectivity index (χ3n) is 5.71. The molecule has 0 aromatic heterocycles. The summed E-state index contributed by atoms with van der Waals surface area (Å²) in [5, 5.41) is 3.55. The molecule has 2 saturated heterocycles. The zero-order valence-corrected chi connectivity index (χ0v) is 12.3. The molecular formula is C15H28N2O2. The average molecular weight is 268 g/mol. The first-order valence-corrected chi connectivity index (χ1v) is 7.78. The third kappa shape index (κ3) is 2.13. The summed E-state index contributed by atoms with van der Waals surface area (Å²) in [6.07, 6.45) is 5.50. The van der Waals surface area contributed by atoms with E-state index in [2.05, 4.69) is 19.2 Å². The summed E-state index contributed by atoms with van der Waals surface area (Å²) in [6, 6.07) is 0. The molecule has 4 heteroatoms. The zero-order valence-electron chi connectivity index (χ0n) is 12.3. The lowest BCUT2D eigenvalue weighted by Gasteiger charge is -2.66. The molecule has 4 unspecified atom stereocenters. The Bertz CT molecular complexity index is 328. The van der Waals surface area contributed by atoms with Crippen molar-refractivity contribution in [3.05, 3.63) is 0 Å². The predicted molar refractivity (Wildman–Crippen MR) is 75.0 cm³/mol. The van der Waals surface area contributed by atoms with E-state index < -0.39 is 0 Å². The summed E-state index contributed by atoms with van der Waals surface area (Å²) in [7, 11) is 0. The summed E-state index contributed by atoms with van der Waals surface area (Å²) in [5.41, 5.74) is 6.68. The van der Waals surface area contributed by atoms with Crippen LogP contribution in [-0.4, -0.2) is 44.1 Å². The van der Waals surface area contributed by atoms with Crippen LogP contribution in [0.2, 0.25) is 0 Å². The van der Waals surface area contributed by atoms with Gasteiger partial charge in [-0.1, -0.05) is 13.8 Å². The van der Waals surface area contributed by atoms with Gasteiger partial charge >= 0.3 is 0 Å². The van der Waals surface area contributed by atoms with Crippen LogP contribution in [0.5, 0.6) is 0 Å². The number of nitrogens with one attached hydrogen (secondary N) is 1. The first-order valence-electron chi connectivity index (χ1n) is 7.78. The van der Waals surface area contributed by atoms with Gasteiger partial charge in [-0.15, -0.1) is 0 Å². The minimum Gasteiger partial charge on any atom is -0.377 e. The molecule has 110 valence electrons. The number of rotatable bonds is 4. The van der Waals surface area contributed by atoms with Gasteiger partial charge in [0.25, 0.3) is 0 Å². The van der Waals surface area contributed by atoms with E-state index in [0.29, 0.717) is 18.1 Å². The van der Waals surface area contributed by atoms with Gasteiger partial charge in [-0.25, -0.2) is 0 Å². The highest BCUT2D eigenvalue weighted by Gasteiger charge is 2.66. The molecule has 2 heterocycles. The van der Waals surface area contributed by atoms with Crippen molar-refractivity contribution in [1.29, 1.82) is 0 Å². The maximum absolute atomic E-state index is 6.74. The van der Waals surface area contributed by atoms with Gasteiger partial charge in [0.05, 0.1) is 12.2 Å². The largest absolute Gasteiger partial charge is 0.377 e. The van der Waals surface area contributed by atoms with E-state index >= 15 is 0 Å². The molecular weight excluding hydrogens is 240 g/mol. The fourth-order valence-corrected chi connectivity index (χ4v) is 4.27. The van der Waals surface area contributed by atoms with Crippen LogP contribution in [0, 0.1) is 11.3 Å². The van der Waals surface area contributed by atoms with Gasteiger partial charge in [0.1, 0.15) is 0 Å². The molecule has 3 N–H and O–H groups in total. The number of hydrogen-bond donors (Lipinski definition) is 2. The van der Waals surface area contributed by atoms with E-state index in [9.17, 15) is 0 Å². The Morgan fingerprint density at radius 1 is 1.16 bits per heavy atom. The van der Waals surface area contributed by atoms with Crippen LogP contribution in [-0.2, 0) is 9.47 Å². The van der Waals surface area contributed by atoms with E-state index in [0.717, 1.165) is 32.7 Å². The quantitative estimate of drug-likeness (QED) is 0.806. The Kier molecular flexibility index (Phi) is 3.63. The Labute approximate surface area is 116 Å².